The lowest BCUT2D eigenvalue weighted by molar-refractivity contribution is 0.375. The van der Waals surface area contributed by atoms with Gasteiger partial charge in [-0.15, -0.1) is 24.0 Å². The summed E-state index contributed by atoms with van der Waals surface area (Å²) in [7, 11) is 3.40. The normalized spacial score (nSPS) is 12.1. The van der Waals surface area contributed by atoms with Crippen molar-refractivity contribution in [3.05, 3.63) is 65.0 Å². The number of hydrogen-bond donors (Lipinski definition) is 2. The zero-order valence-electron chi connectivity index (χ0n) is 17.8. The Bertz CT molecular complexity index is 978. The monoisotopic (exact) mass is 555 g/mol. The van der Waals surface area contributed by atoms with Crippen LogP contribution < -0.4 is 15.4 Å². The Kier molecular flexibility index (Phi) is 10.1. The zero-order chi connectivity index (χ0) is 21.3. The van der Waals surface area contributed by atoms with E-state index in [1.807, 2.05) is 24.3 Å². The Balaban J connectivity index is 0.00000341. The second-order valence-electron chi connectivity index (χ2n) is 6.84. The van der Waals surface area contributed by atoms with E-state index in [0.717, 1.165) is 24.3 Å². The van der Waals surface area contributed by atoms with Gasteiger partial charge in [0, 0.05) is 24.2 Å². The van der Waals surface area contributed by atoms with Gasteiger partial charge in [0.15, 0.2) is 5.96 Å². The van der Waals surface area contributed by atoms with Crippen LogP contribution in [-0.4, -0.2) is 36.8 Å². The van der Waals surface area contributed by atoms with Crippen LogP contribution >= 0.6 is 35.6 Å². The zero-order valence-corrected chi connectivity index (χ0v) is 20.8. The second-order valence-corrected chi connectivity index (χ2v) is 7.27. The SMILES string of the molecule is CN=C(NCCC(C)c1ccc(OC)cc1)NCc1nc(-c2cccc(Cl)c2)no1.I. The topological polar surface area (TPSA) is 84.6 Å². The van der Waals surface area contributed by atoms with E-state index in [9.17, 15) is 0 Å². The molecule has 7 nitrogen and oxygen atoms in total. The number of ether oxygens (including phenoxy) is 1. The quantitative estimate of drug-likeness (QED) is 0.234. The van der Waals surface area contributed by atoms with Crippen LogP contribution in [0, 0.1) is 0 Å². The fourth-order valence-electron chi connectivity index (χ4n) is 2.96. The minimum absolute atomic E-state index is 0. The van der Waals surface area contributed by atoms with Crippen LogP contribution in [0.3, 0.4) is 0 Å². The third-order valence-electron chi connectivity index (χ3n) is 4.74. The summed E-state index contributed by atoms with van der Waals surface area (Å²) in [6.07, 6.45) is 0.965. The second kappa shape index (κ2) is 12.5. The first-order valence-electron chi connectivity index (χ1n) is 9.76. The molecule has 1 heterocycles. The minimum Gasteiger partial charge on any atom is -0.497 e. The number of rotatable bonds is 8. The van der Waals surface area contributed by atoms with Crippen molar-refractivity contribution in [3.8, 4) is 17.1 Å². The van der Waals surface area contributed by atoms with Gasteiger partial charge in [0.25, 0.3) is 0 Å². The number of nitrogens with zero attached hydrogens (tertiary/aromatic N) is 3. The summed E-state index contributed by atoms with van der Waals surface area (Å²) in [4.78, 5) is 8.64. The maximum Gasteiger partial charge on any atom is 0.246 e. The highest BCUT2D eigenvalue weighted by molar-refractivity contribution is 14.0. The Morgan fingerprint density at radius 3 is 2.65 bits per heavy atom. The van der Waals surface area contributed by atoms with Gasteiger partial charge in [-0.25, -0.2) is 0 Å². The molecule has 3 rings (SSSR count). The number of nitrogens with one attached hydrogen (secondary N) is 2. The summed E-state index contributed by atoms with van der Waals surface area (Å²) in [5.74, 6) is 2.94. The van der Waals surface area contributed by atoms with E-state index in [-0.39, 0.29) is 24.0 Å². The highest BCUT2D eigenvalue weighted by Crippen LogP contribution is 2.21. The molecule has 9 heteroatoms. The van der Waals surface area contributed by atoms with Crippen molar-refractivity contribution in [2.45, 2.75) is 25.8 Å². The number of methoxy groups -OCH3 is 1. The van der Waals surface area contributed by atoms with E-state index >= 15 is 0 Å². The lowest BCUT2D eigenvalue weighted by atomic mass is 9.98. The molecule has 0 radical (unpaired) electrons. The van der Waals surface area contributed by atoms with E-state index in [1.54, 1.807) is 26.3 Å². The fourth-order valence-corrected chi connectivity index (χ4v) is 3.15. The average molecular weight is 556 g/mol. The molecule has 0 saturated carbocycles. The maximum atomic E-state index is 6.02. The van der Waals surface area contributed by atoms with E-state index in [4.69, 9.17) is 20.9 Å². The standard InChI is InChI=1S/C22H26ClN5O2.HI/c1-15(16-7-9-19(29-3)10-8-16)11-12-25-22(24-2)26-14-20-27-21(28-30-20)17-5-4-6-18(23)13-17;/h4-10,13,15H,11-12,14H2,1-3H3,(H2,24,25,26);1H. The highest BCUT2D eigenvalue weighted by atomic mass is 127. The first-order chi connectivity index (χ1) is 14.6. The largest absolute Gasteiger partial charge is 0.497 e. The van der Waals surface area contributed by atoms with Crippen molar-refractivity contribution in [1.29, 1.82) is 0 Å². The number of aliphatic imine (C=N–C) groups is 1. The van der Waals surface area contributed by atoms with E-state index < -0.39 is 0 Å². The molecular formula is C22H27ClIN5O2. The molecular weight excluding hydrogens is 529 g/mol. The van der Waals surface area contributed by atoms with Gasteiger partial charge in [0.1, 0.15) is 5.75 Å². The van der Waals surface area contributed by atoms with Crippen LogP contribution in [0.4, 0.5) is 0 Å². The third kappa shape index (κ3) is 7.39. The Morgan fingerprint density at radius 2 is 1.97 bits per heavy atom. The minimum atomic E-state index is 0. The predicted molar refractivity (Wildman–Crippen MR) is 134 cm³/mol. The van der Waals surface area contributed by atoms with Crippen molar-refractivity contribution in [3.63, 3.8) is 0 Å². The summed E-state index contributed by atoms with van der Waals surface area (Å²) in [5, 5.41) is 11.1. The van der Waals surface area contributed by atoms with Gasteiger partial charge in [0.2, 0.25) is 11.7 Å². The summed E-state index contributed by atoms with van der Waals surface area (Å²) in [6, 6.07) is 15.5. The van der Waals surface area contributed by atoms with E-state index in [1.165, 1.54) is 5.56 Å². The van der Waals surface area contributed by atoms with Crippen LogP contribution in [-0.2, 0) is 6.54 Å². The lowest BCUT2D eigenvalue weighted by Gasteiger charge is -2.15. The van der Waals surface area contributed by atoms with Crippen LogP contribution in [0.2, 0.25) is 5.02 Å². The number of hydrogen-bond acceptors (Lipinski definition) is 5. The van der Waals surface area contributed by atoms with E-state index in [0.29, 0.717) is 35.2 Å². The van der Waals surface area contributed by atoms with Gasteiger partial charge >= 0.3 is 0 Å². The van der Waals surface area contributed by atoms with Crippen LogP contribution in [0.5, 0.6) is 5.75 Å². The van der Waals surface area contributed by atoms with Gasteiger partial charge in [-0.2, -0.15) is 4.98 Å². The number of guanidine groups is 1. The van der Waals surface area contributed by atoms with E-state index in [2.05, 4.69) is 44.8 Å². The molecule has 0 aliphatic rings. The molecule has 1 unspecified atom stereocenters. The molecule has 0 bridgehead atoms. The Morgan fingerprint density at radius 1 is 1.19 bits per heavy atom. The number of aromatic nitrogens is 2. The first kappa shape index (κ1) is 24.9. The molecule has 0 spiro atoms. The van der Waals surface area contributed by atoms with Crippen LogP contribution in [0.15, 0.2) is 58.0 Å². The summed E-state index contributed by atoms with van der Waals surface area (Å²) < 4.78 is 10.5. The molecule has 0 aliphatic heterocycles. The van der Waals surface area contributed by atoms with Gasteiger partial charge in [-0.05, 0) is 42.2 Å². The number of benzene rings is 2. The molecule has 0 fully saturated rings. The first-order valence-corrected chi connectivity index (χ1v) is 10.1. The van der Waals surface area contributed by atoms with Gasteiger partial charge < -0.3 is 19.9 Å². The highest BCUT2D eigenvalue weighted by Gasteiger charge is 2.10. The van der Waals surface area contributed by atoms with Gasteiger partial charge in [-0.1, -0.05) is 47.9 Å². The van der Waals surface area contributed by atoms with Crippen molar-refractivity contribution < 1.29 is 9.26 Å². The molecule has 0 aliphatic carbocycles. The summed E-state index contributed by atoms with van der Waals surface area (Å²) in [6.45, 7) is 3.36. The molecule has 166 valence electrons. The Hall–Kier alpha value is -2.33. The van der Waals surface area contributed by atoms with Gasteiger partial charge in [-0.3, -0.25) is 4.99 Å². The summed E-state index contributed by atoms with van der Waals surface area (Å²) >= 11 is 6.02. The lowest BCUT2D eigenvalue weighted by Crippen LogP contribution is -2.37. The smallest absolute Gasteiger partial charge is 0.246 e. The third-order valence-corrected chi connectivity index (χ3v) is 4.97. The average Bonchev–Trinajstić information content (AvgIpc) is 3.25. The molecule has 31 heavy (non-hydrogen) atoms. The van der Waals surface area contributed by atoms with Crippen molar-refractivity contribution in [2.24, 2.45) is 4.99 Å². The van der Waals surface area contributed by atoms with Crippen LogP contribution in [0.1, 0.15) is 30.7 Å². The molecule has 3 aromatic rings. The summed E-state index contributed by atoms with van der Waals surface area (Å²) in [5.41, 5.74) is 2.09. The maximum absolute atomic E-state index is 6.02. The van der Waals surface area contributed by atoms with Crippen LogP contribution in [0.25, 0.3) is 11.4 Å². The van der Waals surface area contributed by atoms with Crippen molar-refractivity contribution in [2.75, 3.05) is 20.7 Å². The molecule has 1 aromatic heterocycles. The molecule has 2 N–H and O–H groups in total. The van der Waals surface area contributed by atoms with Crippen molar-refractivity contribution >= 4 is 41.5 Å². The van der Waals surface area contributed by atoms with Crippen molar-refractivity contribution in [1.82, 2.24) is 20.8 Å². The molecule has 0 amide bonds. The molecule has 1 atom stereocenters. The Labute approximate surface area is 204 Å². The molecule has 0 saturated heterocycles. The number of halogens is 2. The predicted octanol–water partition coefficient (Wildman–Crippen LogP) is 4.88. The van der Waals surface area contributed by atoms with Gasteiger partial charge in [0.05, 0.1) is 13.7 Å². The molecule has 2 aromatic carbocycles. The fraction of sp³-hybridized carbons (Fsp3) is 0.318.